The van der Waals surface area contributed by atoms with Crippen LogP contribution in [0.15, 0.2) is 0 Å². The molecule has 0 spiro atoms. The second-order valence-corrected chi connectivity index (χ2v) is 7.81. The first-order chi connectivity index (χ1) is 10.7. The van der Waals surface area contributed by atoms with E-state index in [9.17, 15) is 0 Å². The lowest BCUT2D eigenvalue weighted by molar-refractivity contribution is 0.282. The average molecular weight is 350 g/mol. The Labute approximate surface area is 149 Å². The highest BCUT2D eigenvalue weighted by molar-refractivity contribution is 7.85. The Morgan fingerprint density at radius 1 is 0.591 bits per heavy atom. The van der Waals surface area contributed by atoms with Crippen LogP contribution >= 0.6 is 25.3 Å². The molecule has 0 radical (unpaired) electrons. The third-order valence-electron chi connectivity index (χ3n) is 4.34. The molecule has 0 aromatic carbocycles. The Kier molecular flexibility index (Phi) is 18.5. The Morgan fingerprint density at radius 2 is 0.955 bits per heavy atom. The van der Waals surface area contributed by atoms with Crippen molar-refractivity contribution in [2.75, 3.05) is 13.2 Å². The number of hydrogen-bond acceptors (Lipinski definition) is 4. The minimum absolute atomic E-state index is 0.243. The van der Waals surface area contributed by atoms with Gasteiger partial charge in [0.1, 0.15) is 0 Å². The lowest BCUT2D eigenvalue weighted by Crippen LogP contribution is -2.24. The van der Waals surface area contributed by atoms with Crippen LogP contribution in [0.2, 0.25) is 0 Å². The van der Waals surface area contributed by atoms with Crippen molar-refractivity contribution in [1.82, 2.24) is 0 Å². The molecule has 134 valence electrons. The van der Waals surface area contributed by atoms with E-state index in [-0.39, 0.29) is 5.25 Å². The van der Waals surface area contributed by atoms with Crippen molar-refractivity contribution in [1.29, 1.82) is 0 Å². The molecule has 0 aromatic heterocycles. The summed E-state index contributed by atoms with van der Waals surface area (Å²) in [6.07, 6.45) is 18.3. The zero-order chi connectivity index (χ0) is 16.5. The first-order valence-electron chi connectivity index (χ1n) is 9.39. The topological polar surface area (TPSA) is 46.2 Å². The summed E-state index contributed by atoms with van der Waals surface area (Å²) in [5.74, 6) is 0. The van der Waals surface area contributed by atoms with E-state index in [2.05, 4.69) is 25.3 Å². The number of nitrogens with two attached hydrogens (primary N) is 1. The summed E-state index contributed by atoms with van der Waals surface area (Å²) in [6, 6.07) is 0. The predicted octanol–water partition coefficient (Wildman–Crippen LogP) is 5.00. The van der Waals surface area contributed by atoms with Gasteiger partial charge in [-0.15, -0.1) is 0 Å². The molecule has 0 rings (SSSR count). The summed E-state index contributed by atoms with van der Waals surface area (Å²) in [6.45, 7) is 0.982. The summed E-state index contributed by atoms with van der Waals surface area (Å²) in [4.78, 5) is 0. The molecule has 0 saturated carbocycles. The molecular weight excluding hydrogens is 310 g/mol. The number of rotatable bonds is 17. The van der Waals surface area contributed by atoms with Crippen LogP contribution in [-0.2, 0) is 0 Å². The SMILES string of the molecule is NCC(S)C(S)CCCCCCCCCCCCCCCO. The van der Waals surface area contributed by atoms with Crippen molar-refractivity contribution in [2.24, 2.45) is 5.73 Å². The number of thiol groups is 2. The number of aliphatic hydroxyl groups is 1. The molecule has 2 nitrogen and oxygen atoms in total. The van der Waals surface area contributed by atoms with Crippen LogP contribution in [0, 0.1) is 0 Å². The molecule has 2 unspecified atom stereocenters. The minimum atomic E-state index is 0.243. The van der Waals surface area contributed by atoms with Gasteiger partial charge in [0.15, 0.2) is 0 Å². The maximum absolute atomic E-state index is 8.69. The Bertz CT molecular complexity index is 217. The highest BCUT2D eigenvalue weighted by atomic mass is 32.1. The molecule has 2 atom stereocenters. The number of aliphatic hydroxyl groups excluding tert-OH is 1. The molecule has 4 heteroatoms. The molecule has 22 heavy (non-hydrogen) atoms. The van der Waals surface area contributed by atoms with E-state index in [1.807, 2.05) is 0 Å². The van der Waals surface area contributed by atoms with E-state index >= 15 is 0 Å². The summed E-state index contributed by atoms with van der Waals surface area (Å²) in [5, 5.41) is 9.29. The fourth-order valence-electron chi connectivity index (χ4n) is 2.76. The number of unbranched alkanes of at least 4 members (excludes halogenated alkanes) is 12. The van der Waals surface area contributed by atoms with Crippen molar-refractivity contribution in [3.63, 3.8) is 0 Å². The van der Waals surface area contributed by atoms with Crippen LogP contribution in [0.5, 0.6) is 0 Å². The van der Waals surface area contributed by atoms with E-state index in [4.69, 9.17) is 10.8 Å². The molecule has 3 N–H and O–H groups in total. The predicted molar refractivity (Wildman–Crippen MR) is 106 cm³/mol. The van der Waals surface area contributed by atoms with Crippen LogP contribution in [-0.4, -0.2) is 28.8 Å². The zero-order valence-corrected chi connectivity index (χ0v) is 16.2. The van der Waals surface area contributed by atoms with Gasteiger partial charge in [0.05, 0.1) is 0 Å². The third-order valence-corrected chi connectivity index (χ3v) is 5.77. The van der Waals surface area contributed by atoms with Crippen LogP contribution in [0.4, 0.5) is 0 Å². The third kappa shape index (κ3) is 15.5. The molecule has 0 saturated heterocycles. The molecule has 0 aliphatic heterocycles. The van der Waals surface area contributed by atoms with E-state index in [0.717, 1.165) is 12.8 Å². The largest absolute Gasteiger partial charge is 0.396 e. The van der Waals surface area contributed by atoms with Gasteiger partial charge >= 0.3 is 0 Å². The van der Waals surface area contributed by atoms with Gasteiger partial charge in [0.2, 0.25) is 0 Å². The van der Waals surface area contributed by atoms with Gasteiger partial charge in [-0.1, -0.05) is 77.0 Å². The van der Waals surface area contributed by atoms with Crippen molar-refractivity contribution in [2.45, 2.75) is 100 Å². The van der Waals surface area contributed by atoms with Gasteiger partial charge in [-0.2, -0.15) is 25.3 Å². The minimum Gasteiger partial charge on any atom is -0.396 e. The van der Waals surface area contributed by atoms with Gasteiger partial charge in [-0.25, -0.2) is 0 Å². The van der Waals surface area contributed by atoms with Crippen LogP contribution in [0.25, 0.3) is 0 Å². The van der Waals surface area contributed by atoms with Crippen LogP contribution < -0.4 is 5.73 Å². The Morgan fingerprint density at radius 3 is 1.32 bits per heavy atom. The highest BCUT2D eigenvalue weighted by Gasteiger charge is 2.11. The van der Waals surface area contributed by atoms with E-state index in [1.54, 1.807) is 0 Å². The average Bonchev–Trinajstić information content (AvgIpc) is 2.54. The summed E-state index contributed by atoms with van der Waals surface area (Å²) in [7, 11) is 0. The first kappa shape index (κ1) is 22.6. The quantitative estimate of drug-likeness (QED) is 0.221. The summed E-state index contributed by atoms with van der Waals surface area (Å²) in [5.41, 5.74) is 5.59. The Hall–Kier alpha value is 0.620. The van der Waals surface area contributed by atoms with E-state index in [1.165, 1.54) is 77.0 Å². The van der Waals surface area contributed by atoms with Gasteiger partial charge in [-0.05, 0) is 12.8 Å². The van der Waals surface area contributed by atoms with Crippen molar-refractivity contribution in [3.8, 4) is 0 Å². The smallest absolute Gasteiger partial charge is 0.0431 e. The monoisotopic (exact) mass is 349 g/mol. The summed E-state index contributed by atoms with van der Waals surface area (Å²) < 4.78 is 0. The van der Waals surface area contributed by atoms with Gasteiger partial charge in [-0.3, -0.25) is 0 Å². The number of hydrogen-bond donors (Lipinski definition) is 4. The van der Waals surface area contributed by atoms with Gasteiger partial charge in [0.25, 0.3) is 0 Å². The van der Waals surface area contributed by atoms with E-state index < -0.39 is 0 Å². The fourth-order valence-corrected chi connectivity index (χ4v) is 3.21. The van der Waals surface area contributed by atoms with Crippen LogP contribution in [0.3, 0.4) is 0 Å². The second-order valence-electron chi connectivity index (χ2n) is 6.48. The van der Waals surface area contributed by atoms with Crippen molar-refractivity contribution < 1.29 is 5.11 Å². The molecule has 0 aromatic rings. The lowest BCUT2D eigenvalue weighted by Gasteiger charge is -2.15. The molecular formula is C18H39NOS2. The fraction of sp³-hybridized carbons (Fsp3) is 1.00. The lowest BCUT2D eigenvalue weighted by atomic mass is 10.0. The first-order valence-corrected chi connectivity index (χ1v) is 10.4. The molecule has 0 aliphatic carbocycles. The van der Waals surface area contributed by atoms with Gasteiger partial charge in [0, 0.05) is 23.7 Å². The van der Waals surface area contributed by atoms with Crippen molar-refractivity contribution >= 4 is 25.3 Å². The maximum atomic E-state index is 8.69. The standard InChI is InChI=1S/C18H39NOS2/c19-16-18(22)17(21)14-12-10-8-6-4-2-1-3-5-7-9-11-13-15-20/h17-18,20-22H,1-16,19H2. The molecule has 0 fully saturated rings. The molecule has 0 amide bonds. The zero-order valence-electron chi connectivity index (χ0n) is 14.4. The maximum Gasteiger partial charge on any atom is 0.0431 e. The Balaban J connectivity index is 3.08. The molecule has 0 bridgehead atoms. The second kappa shape index (κ2) is 18.0. The summed E-state index contributed by atoms with van der Waals surface area (Å²) >= 11 is 8.99. The van der Waals surface area contributed by atoms with Crippen molar-refractivity contribution in [3.05, 3.63) is 0 Å². The normalized spacial score (nSPS) is 14.2. The highest BCUT2D eigenvalue weighted by Crippen LogP contribution is 2.17. The molecule has 0 aliphatic rings. The van der Waals surface area contributed by atoms with Gasteiger partial charge < -0.3 is 10.8 Å². The van der Waals surface area contributed by atoms with E-state index in [0.29, 0.717) is 18.4 Å². The molecule has 0 heterocycles. The van der Waals surface area contributed by atoms with Crippen LogP contribution in [0.1, 0.15) is 89.9 Å².